The molecule has 3 N–H and O–H groups in total. The topological polar surface area (TPSA) is 125 Å². The monoisotopic (exact) mass is 605 g/mol. The number of sulfonamides is 1. The molecule has 5 rings (SSSR count). The predicted octanol–water partition coefficient (Wildman–Crippen LogP) is 4.51. The van der Waals surface area contributed by atoms with Gasteiger partial charge in [-0.3, -0.25) is 9.10 Å². The van der Waals surface area contributed by atoms with Crippen molar-refractivity contribution in [2.45, 2.75) is 63.2 Å². The van der Waals surface area contributed by atoms with Crippen LogP contribution in [0.2, 0.25) is 0 Å². The molecular weight excluding hydrogens is 566 g/mol. The molecule has 0 aromatic heterocycles. The number of benzene rings is 3. The minimum atomic E-state index is -3.43. The highest BCUT2D eigenvalue weighted by molar-refractivity contribution is 7.93. The van der Waals surface area contributed by atoms with Gasteiger partial charge in [-0.2, -0.15) is 0 Å². The third-order valence-electron chi connectivity index (χ3n) is 8.16. The highest BCUT2D eigenvalue weighted by Crippen LogP contribution is 2.37. The maximum atomic E-state index is 13.7. The Morgan fingerprint density at radius 3 is 2.26 bits per heavy atom. The van der Waals surface area contributed by atoms with Gasteiger partial charge in [-0.25, -0.2) is 13.2 Å². The number of carbonyl (C=O) groups is 2. The number of ether oxygens (including phenoxy) is 1. The van der Waals surface area contributed by atoms with Crippen LogP contribution in [0.25, 0.3) is 0 Å². The van der Waals surface area contributed by atoms with Crippen LogP contribution in [-0.2, 0) is 27.8 Å². The summed E-state index contributed by atoms with van der Waals surface area (Å²) in [7, 11) is -3.43. The summed E-state index contributed by atoms with van der Waals surface area (Å²) in [5, 5.41) is 16.7. The molecule has 0 bridgehead atoms. The number of aliphatic hydroxyl groups is 1. The molecule has 43 heavy (non-hydrogen) atoms. The lowest BCUT2D eigenvalue weighted by Crippen LogP contribution is -2.49. The molecule has 9 nitrogen and oxygen atoms in total. The molecule has 3 aromatic carbocycles. The van der Waals surface area contributed by atoms with E-state index in [0.717, 1.165) is 42.4 Å². The number of hydrogen-bond donors (Lipinski definition) is 3. The van der Waals surface area contributed by atoms with Gasteiger partial charge in [-0.15, -0.1) is 0 Å². The second-order valence-corrected chi connectivity index (χ2v) is 13.3. The first-order valence-electron chi connectivity index (χ1n) is 14.9. The van der Waals surface area contributed by atoms with Crippen molar-refractivity contribution in [2.24, 2.45) is 0 Å². The Bertz CT molecular complexity index is 1490. The van der Waals surface area contributed by atoms with Crippen LogP contribution >= 0.6 is 0 Å². The molecule has 1 saturated heterocycles. The van der Waals surface area contributed by atoms with E-state index >= 15 is 0 Å². The largest absolute Gasteiger partial charge is 0.445 e. The van der Waals surface area contributed by atoms with E-state index < -0.39 is 34.2 Å². The molecule has 2 aliphatic rings. The zero-order valence-corrected chi connectivity index (χ0v) is 25.0. The minimum Gasteiger partial charge on any atom is -0.445 e. The van der Waals surface area contributed by atoms with Crippen LogP contribution in [0.1, 0.15) is 65.1 Å². The zero-order valence-electron chi connectivity index (χ0n) is 24.2. The number of anilines is 1. The van der Waals surface area contributed by atoms with E-state index in [2.05, 4.69) is 10.6 Å². The molecule has 0 spiro atoms. The average Bonchev–Trinajstić information content (AvgIpc) is 3.69. The summed E-state index contributed by atoms with van der Waals surface area (Å²) in [6.07, 6.45) is 3.28. The van der Waals surface area contributed by atoms with E-state index in [1.54, 1.807) is 6.07 Å². The van der Waals surface area contributed by atoms with Crippen molar-refractivity contribution >= 4 is 27.7 Å². The number of nitrogens with one attached hydrogen (secondary N) is 2. The maximum absolute atomic E-state index is 13.7. The fraction of sp³-hybridized carbons (Fsp3) is 0.394. The number of aliphatic hydroxyl groups excluding tert-OH is 1. The van der Waals surface area contributed by atoms with Gasteiger partial charge in [-0.1, -0.05) is 73.5 Å². The minimum absolute atomic E-state index is 0.0916. The second kappa shape index (κ2) is 14.1. The lowest BCUT2D eigenvalue weighted by molar-refractivity contribution is 0.0818. The molecule has 2 fully saturated rings. The van der Waals surface area contributed by atoms with Gasteiger partial charge < -0.3 is 20.5 Å². The van der Waals surface area contributed by atoms with Crippen LogP contribution in [0, 0.1) is 0 Å². The SMILES string of the molecule is O=C(NC[C@@H](O)[C@H](Cc1ccccc1)NC(=O)c1cc(C2CCCC2)cc(N2CCCS2(=O)=O)c1)OCc1ccccc1. The highest BCUT2D eigenvalue weighted by Gasteiger charge is 2.31. The van der Waals surface area contributed by atoms with E-state index in [4.69, 9.17) is 4.74 Å². The summed E-state index contributed by atoms with van der Waals surface area (Å²) in [5.74, 6) is -0.0492. The van der Waals surface area contributed by atoms with Crippen LogP contribution in [0.15, 0.2) is 78.9 Å². The van der Waals surface area contributed by atoms with Crippen molar-refractivity contribution in [3.8, 4) is 0 Å². The molecule has 0 unspecified atom stereocenters. The molecule has 1 saturated carbocycles. The van der Waals surface area contributed by atoms with Crippen molar-refractivity contribution in [1.82, 2.24) is 10.6 Å². The molecule has 228 valence electrons. The number of amides is 2. The Balaban J connectivity index is 1.32. The summed E-state index contributed by atoms with van der Waals surface area (Å²) in [4.78, 5) is 26.1. The fourth-order valence-corrected chi connectivity index (χ4v) is 7.39. The normalized spacial score (nSPS) is 17.7. The van der Waals surface area contributed by atoms with Crippen LogP contribution in [0.5, 0.6) is 0 Å². The first kappa shape index (κ1) is 30.6. The summed E-state index contributed by atoms with van der Waals surface area (Å²) >= 11 is 0. The summed E-state index contributed by atoms with van der Waals surface area (Å²) in [6, 6.07) is 23.4. The van der Waals surface area contributed by atoms with E-state index in [1.165, 1.54) is 4.31 Å². The summed E-state index contributed by atoms with van der Waals surface area (Å²) in [6.45, 7) is 0.350. The van der Waals surface area contributed by atoms with Gasteiger partial charge >= 0.3 is 6.09 Å². The van der Waals surface area contributed by atoms with Gasteiger partial charge in [0.25, 0.3) is 5.91 Å². The predicted molar refractivity (Wildman–Crippen MR) is 165 cm³/mol. The average molecular weight is 606 g/mol. The Hall–Kier alpha value is -3.89. The van der Waals surface area contributed by atoms with E-state index in [1.807, 2.05) is 72.8 Å². The van der Waals surface area contributed by atoms with Crippen LogP contribution in [-0.4, -0.2) is 56.5 Å². The van der Waals surface area contributed by atoms with E-state index in [9.17, 15) is 23.1 Å². The van der Waals surface area contributed by atoms with Crippen LogP contribution in [0.3, 0.4) is 0 Å². The van der Waals surface area contributed by atoms with Gasteiger partial charge in [-0.05, 0) is 66.5 Å². The van der Waals surface area contributed by atoms with Crippen LogP contribution < -0.4 is 14.9 Å². The first-order valence-corrected chi connectivity index (χ1v) is 16.5. The molecular formula is C33H39N3O6S. The summed E-state index contributed by atoms with van der Waals surface area (Å²) in [5.41, 5.74) is 3.57. The number of nitrogens with zero attached hydrogens (tertiary/aromatic N) is 1. The molecule has 1 heterocycles. The number of carbonyl (C=O) groups excluding carboxylic acids is 2. The van der Waals surface area contributed by atoms with Crippen molar-refractivity contribution in [1.29, 1.82) is 0 Å². The van der Waals surface area contributed by atoms with Gasteiger partial charge in [0, 0.05) is 18.7 Å². The Morgan fingerprint density at radius 1 is 0.930 bits per heavy atom. The third kappa shape index (κ3) is 8.14. The molecule has 0 radical (unpaired) electrons. The Labute approximate surface area is 253 Å². The van der Waals surface area contributed by atoms with Crippen molar-refractivity contribution < 1.29 is 27.9 Å². The van der Waals surface area contributed by atoms with Crippen molar-refractivity contribution in [3.63, 3.8) is 0 Å². The van der Waals surface area contributed by atoms with E-state index in [0.29, 0.717) is 30.6 Å². The third-order valence-corrected chi connectivity index (χ3v) is 10.0. The smallest absolute Gasteiger partial charge is 0.407 e. The number of hydrogen-bond acceptors (Lipinski definition) is 6. The van der Waals surface area contributed by atoms with Crippen molar-refractivity contribution in [3.05, 3.63) is 101 Å². The first-order chi connectivity index (χ1) is 20.8. The standard InChI is InChI=1S/C33H39N3O6S/c37-31(22-34-33(39)42-23-25-12-5-2-6-13-25)30(18-24-10-3-1-4-11-24)35-32(38)28-19-27(26-14-7-8-15-26)20-29(21-28)36-16-9-17-43(36,40)41/h1-6,10-13,19-21,26,30-31,37H,7-9,14-18,22-23H2,(H,34,39)(H,35,38)/t30-,31+/m0/s1. The van der Waals surface area contributed by atoms with Gasteiger partial charge in [0.15, 0.2) is 0 Å². The molecule has 3 aromatic rings. The molecule has 2 amide bonds. The van der Waals surface area contributed by atoms with Gasteiger partial charge in [0.2, 0.25) is 10.0 Å². The van der Waals surface area contributed by atoms with Gasteiger partial charge in [0.1, 0.15) is 6.61 Å². The van der Waals surface area contributed by atoms with Gasteiger partial charge in [0.05, 0.1) is 23.6 Å². The highest BCUT2D eigenvalue weighted by atomic mass is 32.2. The lowest BCUT2D eigenvalue weighted by Gasteiger charge is -2.26. The maximum Gasteiger partial charge on any atom is 0.407 e. The quantitative estimate of drug-likeness (QED) is 0.295. The Kier molecular flexibility index (Phi) is 9.99. The fourth-order valence-electron chi connectivity index (χ4n) is 5.84. The number of rotatable bonds is 11. The molecule has 2 atom stereocenters. The lowest BCUT2D eigenvalue weighted by atomic mass is 9.94. The van der Waals surface area contributed by atoms with E-state index in [-0.39, 0.29) is 24.8 Å². The molecule has 1 aliphatic heterocycles. The summed E-state index contributed by atoms with van der Waals surface area (Å²) < 4.78 is 32.2. The zero-order chi connectivity index (χ0) is 30.2. The number of alkyl carbamates (subject to hydrolysis) is 1. The Morgan fingerprint density at radius 2 is 1.60 bits per heavy atom. The second-order valence-electron chi connectivity index (χ2n) is 11.3. The molecule has 10 heteroatoms. The van der Waals surface area contributed by atoms with Crippen LogP contribution in [0.4, 0.5) is 10.5 Å². The van der Waals surface area contributed by atoms with Crippen molar-refractivity contribution in [2.75, 3.05) is 23.1 Å². The molecule has 1 aliphatic carbocycles.